The summed E-state index contributed by atoms with van der Waals surface area (Å²) < 4.78 is 0. The molecule has 0 radical (unpaired) electrons. The van der Waals surface area contributed by atoms with Crippen molar-refractivity contribution in [1.29, 1.82) is 0 Å². The van der Waals surface area contributed by atoms with Gasteiger partial charge in [-0.15, -0.1) is 11.3 Å². The summed E-state index contributed by atoms with van der Waals surface area (Å²) in [6, 6.07) is 8.23. The smallest absolute Gasteiger partial charge is 0.261 e. The van der Waals surface area contributed by atoms with E-state index in [9.17, 15) is 19.5 Å². The van der Waals surface area contributed by atoms with E-state index < -0.39 is 11.8 Å². The summed E-state index contributed by atoms with van der Waals surface area (Å²) in [6.45, 7) is 1.33. The van der Waals surface area contributed by atoms with Crippen molar-refractivity contribution in [1.82, 2.24) is 10.6 Å². The van der Waals surface area contributed by atoms with Crippen molar-refractivity contribution in [2.75, 3.05) is 18.4 Å². The Bertz CT molecular complexity index is 744. The van der Waals surface area contributed by atoms with E-state index in [4.69, 9.17) is 0 Å². The molecular formula is C16H17N3O4S. The van der Waals surface area contributed by atoms with Crippen LogP contribution in [-0.4, -0.2) is 35.9 Å². The van der Waals surface area contributed by atoms with E-state index in [1.54, 1.807) is 29.6 Å². The van der Waals surface area contributed by atoms with Crippen LogP contribution in [0.15, 0.2) is 35.7 Å². The molecule has 0 atom stereocenters. The molecule has 24 heavy (non-hydrogen) atoms. The molecule has 0 spiro atoms. The zero-order valence-corrected chi connectivity index (χ0v) is 13.8. The van der Waals surface area contributed by atoms with Gasteiger partial charge in [0.2, 0.25) is 11.8 Å². The van der Waals surface area contributed by atoms with Crippen LogP contribution in [0.25, 0.3) is 0 Å². The van der Waals surface area contributed by atoms with Crippen molar-refractivity contribution in [3.63, 3.8) is 0 Å². The minimum absolute atomic E-state index is 0.0436. The van der Waals surface area contributed by atoms with E-state index in [1.807, 2.05) is 6.92 Å². The third kappa shape index (κ3) is 5.10. The van der Waals surface area contributed by atoms with Gasteiger partial charge in [0.25, 0.3) is 5.91 Å². The molecule has 4 N–H and O–H groups in total. The van der Waals surface area contributed by atoms with Crippen LogP contribution in [-0.2, 0) is 9.59 Å². The standard InChI is InChI=1S/C16H17N3O4S/c1-10-4-5-11(12(20)7-10)19-15(22)9-17-14(21)8-18-16(23)13-3-2-6-24-13/h2-7,20H,8-9H2,1H3,(H,17,21)(H,18,23)(H,19,22). The van der Waals surface area contributed by atoms with Gasteiger partial charge >= 0.3 is 0 Å². The van der Waals surface area contributed by atoms with Gasteiger partial charge in [-0.25, -0.2) is 0 Å². The molecule has 0 aliphatic carbocycles. The maximum Gasteiger partial charge on any atom is 0.261 e. The fraction of sp³-hybridized carbons (Fsp3) is 0.188. The Kier molecular flexibility index (Phi) is 5.91. The third-order valence-corrected chi connectivity index (χ3v) is 3.90. The molecule has 0 aliphatic heterocycles. The number of carbonyl (C=O) groups is 3. The Morgan fingerprint density at radius 3 is 2.50 bits per heavy atom. The number of amides is 3. The number of nitrogens with one attached hydrogen (secondary N) is 3. The first kappa shape index (κ1) is 17.5. The summed E-state index contributed by atoms with van der Waals surface area (Å²) in [5.41, 5.74) is 1.13. The number of anilines is 1. The lowest BCUT2D eigenvalue weighted by molar-refractivity contribution is -0.123. The van der Waals surface area contributed by atoms with Crippen LogP contribution in [0.3, 0.4) is 0 Å². The van der Waals surface area contributed by atoms with Crippen LogP contribution in [0.2, 0.25) is 0 Å². The summed E-state index contributed by atoms with van der Waals surface area (Å²) >= 11 is 1.27. The molecule has 2 rings (SSSR count). The maximum atomic E-state index is 11.8. The van der Waals surface area contributed by atoms with Gasteiger partial charge in [-0.3, -0.25) is 14.4 Å². The fourth-order valence-corrected chi connectivity index (χ4v) is 2.48. The number of hydrogen-bond acceptors (Lipinski definition) is 5. The molecule has 0 saturated heterocycles. The van der Waals surface area contributed by atoms with Crippen molar-refractivity contribution in [3.05, 3.63) is 46.2 Å². The highest BCUT2D eigenvalue weighted by molar-refractivity contribution is 7.12. The molecule has 0 unspecified atom stereocenters. The molecular weight excluding hydrogens is 330 g/mol. The Morgan fingerprint density at radius 1 is 1.08 bits per heavy atom. The molecule has 126 valence electrons. The average molecular weight is 347 g/mol. The van der Waals surface area contributed by atoms with Crippen LogP contribution < -0.4 is 16.0 Å². The molecule has 1 heterocycles. The summed E-state index contributed by atoms with van der Waals surface area (Å²) in [5.74, 6) is -1.35. The second-order valence-electron chi connectivity index (χ2n) is 5.01. The zero-order valence-electron chi connectivity index (χ0n) is 13.0. The Labute approximate surface area is 142 Å². The van der Waals surface area contributed by atoms with Gasteiger partial charge in [0.05, 0.1) is 23.7 Å². The summed E-state index contributed by atoms with van der Waals surface area (Å²) in [6.07, 6.45) is 0. The first-order valence-corrected chi connectivity index (χ1v) is 8.01. The zero-order chi connectivity index (χ0) is 17.5. The Hall–Kier alpha value is -2.87. The quantitative estimate of drug-likeness (QED) is 0.590. The highest BCUT2D eigenvalue weighted by atomic mass is 32.1. The third-order valence-electron chi connectivity index (χ3n) is 3.03. The van der Waals surface area contributed by atoms with Crippen LogP contribution in [0.4, 0.5) is 5.69 Å². The van der Waals surface area contributed by atoms with Gasteiger partial charge in [0.1, 0.15) is 5.75 Å². The largest absolute Gasteiger partial charge is 0.506 e. The number of thiophene rings is 1. The van der Waals surface area contributed by atoms with E-state index in [-0.39, 0.29) is 30.4 Å². The minimum Gasteiger partial charge on any atom is -0.506 e. The van der Waals surface area contributed by atoms with Gasteiger partial charge < -0.3 is 21.1 Å². The van der Waals surface area contributed by atoms with Crippen molar-refractivity contribution < 1.29 is 19.5 Å². The van der Waals surface area contributed by atoms with Crippen molar-refractivity contribution >= 4 is 34.7 Å². The predicted octanol–water partition coefficient (Wildman–Crippen LogP) is 1.25. The van der Waals surface area contributed by atoms with Crippen LogP contribution in [0.1, 0.15) is 15.2 Å². The van der Waals surface area contributed by atoms with E-state index in [1.165, 1.54) is 17.4 Å². The van der Waals surface area contributed by atoms with Gasteiger partial charge in [0.15, 0.2) is 0 Å². The first-order chi connectivity index (χ1) is 11.5. The highest BCUT2D eigenvalue weighted by Crippen LogP contribution is 2.23. The fourth-order valence-electron chi connectivity index (χ4n) is 1.84. The first-order valence-electron chi connectivity index (χ1n) is 7.13. The van der Waals surface area contributed by atoms with E-state index in [2.05, 4.69) is 16.0 Å². The molecule has 0 fully saturated rings. The topological polar surface area (TPSA) is 108 Å². The minimum atomic E-state index is -0.483. The number of phenols is 1. The van der Waals surface area contributed by atoms with E-state index in [0.29, 0.717) is 4.88 Å². The van der Waals surface area contributed by atoms with Crippen LogP contribution >= 0.6 is 11.3 Å². The summed E-state index contributed by atoms with van der Waals surface area (Å²) in [7, 11) is 0. The number of phenolic OH excluding ortho intramolecular Hbond substituents is 1. The SMILES string of the molecule is Cc1ccc(NC(=O)CNC(=O)CNC(=O)c2cccs2)c(O)c1. The number of hydrogen-bond donors (Lipinski definition) is 4. The van der Waals surface area contributed by atoms with Gasteiger partial charge in [-0.05, 0) is 36.1 Å². The monoisotopic (exact) mass is 347 g/mol. The second kappa shape index (κ2) is 8.11. The maximum absolute atomic E-state index is 11.8. The summed E-state index contributed by atoms with van der Waals surface area (Å²) in [4.78, 5) is 35.6. The molecule has 1 aromatic carbocycles. The molecule has 3 amide bonds. The molecule has 1 aromatic heterocycles. The van der Waals surface area contributed by atoms with E-state index >= 15 is 0 Å². The number of aryl methyl sites for hydroxylation is 1. The lowest BCUT2D eigenvalue weighted by Gasteiger charge is -2.09. The van der Waals surface area contributed by atoms with Gasteiger partial charge in [-0.1, -0.05) is 12.1 Å². The summed E-state index contributed by atoms with van der Waals surface area (Å²) in [5, 5.41) is 18.8. The molecule has 7 nitrogen and oxygen atoms in total. The normalized spacial score (nSPS) is 10.0. The molecule has 0 saturated carbocycles. The van der Waals surface area contributed by atoms with Crippen molar-refractivity contribution in [2.45, 2.75) is 6.92 Å². The average Bonchev–Trinajstić information content (AvgIpc) is 3.08. The van der Waals surface area contributed by atoms with Gasteiger partial charge in [-0.2, -0.15) is 0 Å². The van der Waals surface area contributed by atoms with Crippen LogP contribution in [0.5, 0.6) is 5.75 Å². The number of rotatable bonds is 6. The van der Waals surface area contributed by atoms with Crippen molar-refractivity contribution in [2.24, 2.45) is 0 Å². The Morgan fingerprint density at radius 2 is 1.83 bits per heavy atom. The predicted molar refractivity (Wildman–Crippen MR) is 91.1 cm³/mol. The van der Waals surface area contributed by atoms with Crippen LogP contribution in [0, 0.1) is 6.92 Å². The molecule has 0 aliphatic rings. The molecule has 2 aromatic rings. The molecule has 0 bridgehead atoms. The van der Waals surface area contributed by atoms with E-state index in [0.717, 1.165) is 5.56 Å². The highest BCUT2D eigenvalue weighted by Gasteiger charge is 2.11. The Balaban J connectivity index is 1.73. The number of aromatic hydroxyl groups is 1. The van der Waals surface area contributed by atoms with Crippen molar-refractivity contribution in [3.8, 4) is 5.75 Å². The lowest BCUT2D eigenvalue weighted by Crippen LogP contribution is -2.40. The lowest BCUT2D eigenvalue weighted by atomic mass is 10.2. The second-order valence-corrected chi connectivity index (χ2v) is 5.95. The number of carbonyl (C=O) groups excluding carboxylic acids is 3. The van der Waals surface area contributed by atoms with Gasteiger partial charge in [0, 0.05) is 0 Å². The molecule has 8 heteroatoms. The number of benzene rings is 1.